The van der Waals surface area contributed by atoms with Crippen molar-refractivity contribution >= 4 is 0 Å². The molecule has 2 heterocycles. The van der Waals surface area contributed by atoms with E-state index in [1.165, 1.54) is 10.7 Å². The molecule has 6 heteroatoms. The second-order valence-corrected chi connectivity index (χ2v) is 4.36. The molecule has 0 aliphatic carbocycles. The summed E-state index contributed by atoms with van der Waals surface area (Å²) >= 11 is 0. The summed E-state index contributed by atoms with van der Waals surface area (Å²) in [4.78, 5) is 11.6. The van der Waals surface area contributed by atoms with E-state index in [-0.39, 0.29) is 18.7 Å². The van der Waals surface area contributed by atoms with Crippen LogP contribution in [0, 0.1) is 0 Å². The zero-order valence-electron chi connectivity index (χ0n) is 10.8. The predicted molar refractivity (Wildman–Crippen MR) is 72.0 cm³/mol. The maximum Gasteiger partial charge on any atom is 0.266 e. The number of hydrogen-bond acceptors (Lipinski definition) is 5. The number of rotatable bonds is 3. The van der Waals surface area contributed by atoms with Gasteiger partial charge in [-0.15, -0.1) is 0 Å². The summed E-state index contributed by atoms with van der Waals surface area (Å²) in [5.74, 6) is 1.39. The summed E-state index contributed by atoms with van der Waals surface area (Å²) in [5.41, 5.74) is 1.25. The van der Waals surface area contributed by atoms with Crippen LogP contribution in [-0.2, 0) is 6.54 Å². The molecule has 1 aromatic heterocycles. The van der Waals surface area contributed by atoms with Crippen molar-refractivity contribution in [3.8, 4) is 22.8 Å². The van der Waals surface area contributed by atoms with Gasteiger partial charge in [-0.2, -0.15) is 5.10 Å². The van der Waals surface area contributed by atoms with Crippen LogP contribution in [0.15, 0.2) is 35.1 Å². The molecule has 0 radical (unpaired) electrons. The van der Waals surface area contributed by atoms with E-state index >= 15 is 0 Å². The second kappa shape index (κ2) is 5.34. The lowest BCUT2D eigenvalue weighted by atomic mass is 10.1. The van der Waals surface area contributed by atoms with Crippen molar-refractivity contribution in [1.29, 1.82) is 0 Å². The third-order valence-corrected chi connectivity index (χ3v) is 3.02. The van der Waals surface area contributed by atoms with Gasteiger partial charge in [0, 0.05) is 11.6 Å². The number of aliphatic hydroxyl groups is 1. The Bertz CT molecular complexity index is 681. The van der Waals surface area contributed by atoms with Gasteiger partial charge in [0.2, 0.25) is 0 Å². The van der Waals surface area contributed by atoms with Crippen molar-refractivity contribution in [3.05, 3.63) is 40.7 Å². The number of ether oxygens (including phenoxy) is 2. The highest BCUT2D eigenvalue weighted by Crippen LogP contribution is 2.33. The molecule has 0 atom stereocenters. The monoisotopic (exact) mass is 274 g/mol. The molecule has 6 nitrogen and oxygen atoms in total. The zero-order chi connectivity index (χ0) is 13.9. The maximum absolute atomic E-state index is 11.6. The number of aliphatic hydroxyl groups excluding tert-OH is 1. The molecule has 0 unspecified atom stereocenters. The molecule has 3 rings (SSSR count). The molecule has 0 saturated heterocycles. The van der Waals surface area contributed by atoms with Crippen LogP contribution < -0.4 is 15.0 Å². The standard InChI is InChI=1S/C14H14N2O4/c17-6-5-16-14(18)4-2-11(15-16)10-1-3-12-13(9-10)20-8-7-19-12/h1-4,9,17H,5-8H2. The van der Waals surface area contributed by atoms with E-state index in [0.29, 0.717) is 30.4 Å². The molecule has 0 saturated carbocycles. The van der Waals surface area contributed by atoms with Gasteiger partial charge in [0.15, 0.2) is 11.5 Å². The summed E-state index contributed by atoms with van der Waals surface area (Å²) in [6.07, 6.45) is 0. The minimum atomic E-state index is -0.236. The van der Waals surface area contributed by atoms with Crippen molar-refractivity contribution < 1.29 is 14.6 Å². The maximum atomic E-state index is 11.6. The smallest absolute Gasteiger partial charge is 0.266 e. The van der Waals surface area contributed by atoms with Crippen LogP contribution in [0.5, 0.6) is 11.5 Å². The first-order valence-electron chi connectivity index (χ1n) is 6.37. The van der Waals surface area contributed by atoms with Gasteiger partial charge in [0.25, 0.3) is 5.56 Å². The third kappa shape index (κ3) is 2.37. The average molecular weight is 274 g/mol. The summed E-state index contributed by atoms with van der Waals surface area (Å²) in [7, 11) is 0. The number of benzene rings is 1. The molecule has 104 valence electrons. The molecular formula is C14H14N2O4. The third-order valence-electron chi connectivity index (χ3n) is 3.02. The quantitative estimate of drug-likeness (QED) is 0.890. The van der Waals surface area contributed by atoms with Crippen LogP contribution in [0.3, 0.4) is 0 Å². The van der Waals surface area contributed by atoms with Gasteiger partial charge in [-0.3, -0.25) is 4.79 Å². The van der Waals surface area contributed by atoms with Gasteiger partial charge >= 0.3 is 0 Å². The molecular weight excluding hydrogens is 260 g/mol. The molecule has 2 aromatic rings. The van der Waals surface area contributed by atoms with Crippen LogP contribution in [0.2, 0.25) is 0 Å². The Balaban J connectivity index is 2.00. The van der Waals surface area contributed by atoms with Crippen LogP contribution in [0.4, 0.5) is 0 Å². The minimum absolute atomic E-state index is 0.127. The van der Waals surface area contributed by atoms with Crippen molar-refractivity contribution in [3.63, 3.8) is 0 Å². The lowest BCUT2D eigenvalue weighted by molar-refractivity contribution is 0.171. The van der Waals surface area contributed by atoms with Crippen molar-refractivity contribution in [2.75, 3.05) is 19.8 Å². The summed E-state index contributed by atoms with van der Waals surface area (Å²) in [5, 5.41) is 13.2. The fraction of sp³-hybridized carbons (Fsp3) is 0.286. The Morgan fingerprint density at radius 2 is 1.95 bits per heavy atom. The van der Waals surface area contributed by atoms with Gasteiger partial charge in [0.05, 0.1) is 18.8 Å². The number of aromatic nitrogens is 2. The van der Waals surface area contributed by atoms with E-state index in [9.17, 15) is 4.79 Å². The summed E-state index contributed by atoms with van der Waals surface area (Å²) in [6, 6.07) is 8.62. The molecule has 1 aliphatic rings. The van der Waals surface area contributed by atoms with Gasteiger partial charge in [0.1, 0.15) is 13.2 Å². The fourth-order valence-corrected chi connectivity index (χ4v) is 2.06. The SMILES string of the molecule is O=c1ccc(-c2ccc3c(c2)OCCO3)nn1CCO. The molecule has 0 fully saturated rings. The molecule has 20 heavy (non-hydrogen) atoms. The fourth-order valence-electron chi connectivity index (χ4n) is 2.06. The van der Waals surface area contributed by atoms with E-state index in [4.69, 9.17) is 14.6 Å². The van der Waals surface area contributed by atoms with Gasteiger partial charge in [-0.25, -0.2) is 4.68 Å². The molecule has 1 aromatic carbocycles. The van der Waals surface area contributed by atoms with Crippen molar-refractivity contribution in [1.82, 2.24) is 9.78 Å². The Kier molecular flexibility index (Phi) is 3.39. The van der Waals surface area contributed by atoms with E-state index in [1.807, 2.05) is 18.2 Å². The Morgan fingerprint density at radius 3 is 2.75 bits per heavy atom. The molecule has 1 aliphatic heterocycles. The van der Waals surface area contributed by atoms with E-state index < -0.39 is 0 Å². The lowest BCUT2D eigenvalue weighted by Gasteiger charge is -2.18. The van der Waals surface area contributed by atoms with Crippen molar-refractivity contribution in [2.45, 2.75) is 6.54 Å². The lowest BCUT2D eigenvalue weighted by Crippen LogP contribution is -2.23. The van der Waals surface area contributed by atoms with Crippen LogP contribution in [-0.4, -0.2) is 34.7 Å². The van der Waals surface area contributed by atoms with Crippen molar-refractivity contribution in [2.24, 2.45) is 0 Å². The number of fused-ring (bicyclic) bond motifs is 1. The summed E-state index contributed by atoms with van der Waals surface area (Å²) in [6.45, 7) is 1.12. The van der Waals surface area contributed by atoms with Gasteiger partial charge in [-0.1, -0.05) is 0 Å². The van der Waals surface area contributed by atoms with E-state index in [1.54, 1.807) is 6.07 Å². The molecule has 0 amide bonds. The Morgan fingerprint density at radius 1 is 1.15 bits per heavy atom. The first-order chi connectivity index (χ1) is 9.78. The first-order valence-corrected chi connectivity index (χ1v) is 6.37. The van der Waals surface area contributed by atoms with Crippen LogP contribution in [0.1, 0.15) is 0 Å². The predicted octanol–water partition coefficient (Wildman–Crippen LogP) is 0.674. The average Bonchev–Trinajstić information content (AvgIpc) is 2.49. The highest BCUT2D eigenvalue weighted by Gasteiger charge is 2.13. The molecule has 0 bridgehead atoms. The molecule has 0 spiro atoms. The molecule has 1 N–H and O–H groups in total. The topological polar surface area (TPSA) is 73.6 Å². The van der Waals surface area contributed by atoms with Gasteiger partial charge < -0.3 is 14.6 Å². The normalized spacial score (nSPS) is 13.2. The number of nitrogens with zero attached hydrogens (tertiary/aromatic N) is 2. The number of hydrogen-bond donors (Lipinski definition) is 1. The highest BCUT2D eigenvalue weighted by molar-refractivity contribution is 5.63. The summed E-state index contributed by atoms with van der Waals surface area (Å²) < 4.78 is 12.2. The zero-order valence-corrected chi connectivity index (χ0v) is 10.8. The first kappa shape index (κ1) is 12.7. The van der Waals surface area contributed by atoms with E-state index in [0.717, 1.165) is 5.56 Å². The van der Waals surface area contributed by atoms with Gasteiger partial charge in [-0.05, 0) is 24.3 Å². The largest absolute Gasteiger partial charge is 0.486 e. The van der Waals surface area contributed by atoms with Crippen LogP contribution in [0.25, 0.3) is 11.3 Å². The Labute approximate surface area is 115 Å². The van der Waals surface area contributed by atoms with Crippen LogP contribution >= 0.6 is 0 Å². The Hall–Kier alpha value is -2.34. The minimum Gasteiger partial charge on any atom is -0.486 e. The second-order valence-electron chi connectivity index (χ2n) is 4.36. The highest BCUT2D eigenvalue weighted by atomic mass is 16.6. The van der Waals surface area contributed by atoms with E-state index in [2.05, 4.69) is 5.10 Å².